The predicted octanol–water partition coefficient (Wildman–Crippen LogP) is 3.68. The van der Waals surface area contributed by atoms with E-state index < -0.39 is 0 Å². The first-order valence-electron chi connectivity index (χ1n) is 8.55. The van der Waals surface area contributed by atoms with Crippen molar-refractivity contribution in [2.75, 3.05) is 0 Å². The third-order valence-corrected chi connectivity index (χ3v) is 5.59. The molecule has 27 heavy (non-hydrogen) atoms. The molecular formula is C20H14N4O2S. The fraction of sp³-hybridized carbons (Fsp3) is 0.150. The summed E-state index contributed by atoms with van der Waals surface area (Å²) >= 11 is 1.57. The largest absolute Gasteiger partial charge is 0.460 e. The first kappa shape index (κ1) is 15.9. The number of imidazole rings is 1. The van der Waals surface area contributed by atoms with E-state index >= 15 is 0 Å². The average molecular weight is 374 g/mol. The molecule has 5 rings (SSSR count). The van der Waals surface area contributed by atoms with Crippen LogP contribution in [0.15, 0.2) is 52.4 Å². The molecule has 0 fully saturated rings. The monoisotopic (exact) mass is 374 g/mol. The number of nitriles is 1. The van der Waals surface area contributed by atoms with Gasteiger partial charge < -0.3 is 9.73 Å². The van der Waals surface area contributed by atoms with Gasteiger partial charge in [-0.05, 0) is 24.3 Å². The van der Waals surface area contributed by atoms with Crippen LogP contribution in [0.3, 0.4) is 0 Å². The standard InChI is InChI=1S/C20H14N4O2S/c21-10-12-3-1-2-4-13(12)16-5-6-17(26-16)14-9-18(25)22-11-15-19(14)24-7-8-27-20(24)23-15/h1-8,14H,9,11H2,(H,22,25)/t14-/m0/s1. The number of nitrogens with one attached hydrogen (secondary N) is 1. The number of carbonyl (C=O) groups is 1. The minimum absolute atomic E-state index is 0.0302. The molecule has 0 radical (unpaired) electrons. The molecule has 4 heterocycles. The highest BCUT2D eigenvalue weighted by Gasteiger charge is 2.31. The molecule has 1 N–H and O–H groups in total. The third-order valence-electron chi connectivity index (χ3n) is 4.83. The molecule has 1 aromatic carbocycles. The summed E-state index contributed by atoms with van der Waals surface area (Å²) in [6, 6.07) is 13.3. The molecule has 4 aromatic rings. The van der Waals surface area contributed by atoms with Gasteiger partial charge in [-0.3, -0.25) is 9.20 Å². The van der Waals surface area contributed by atoms with Crippen LogP contribution in [0, 0.1) is 11.3 Å². The number of amides is 1. The maximum absolute atomic E-state index is 12.3. The van der Waals surface area contributed by atoms with Gasteiger partial charge in [0.2, 0.25) is 5.91 Å². The van der Waals surface area contributed by atoms with Gasteiger partial charge in [0.15, 0.2) is 4.96 Å². The number of aromatic nitrogens is 2. The Labute approximate surface area is 158 Å². The van der Waals surface area contributed by atoms with Crippen LogP contribution in [-0.2, 0) is 11.3 Å². The van der Waals surface area contributed by atoms with Crippen molar-refractivity contribution >= 4 is 22.2 Å². The van der Waals surface area contributed by atoms with Crippen molar-refractivity contribution in [3.05, 3.63) is 70.7 Å². The Hall–Kier alpha value is -3.37. The first-order chi connectivity index (χ1) is 13.2. The Morgan fingerprint density at radius 1 is 1.30 bits per heavy atom. The van der Waals surface area contributed by atoms with Crippen LogP contribution in [0.25, 0.3) is 16.3 Å². The molecule has 1 aliphatic rings. The van der Waals surface area contributed by atoms with E-state index in [4.69, 9.17) is 4.42 Å². The van der Waals surface area contributed by atoms with Crippen molar-refractivity contribution in [2.24, 2.45) is 0 Å². The normalized spacial score (nSPS) is 16.6. The molecule has 0 spiro atoms. The minimum Gasteiger partial charge on any atom is -0.460 e. The summed E-state index contributed by atoms with van der Waals surface area (Å²) in [4.78, 5) is 17.8. The Kier molecular flexibility index (Phi) is 3.59. The molecule has 6 nitrogen and oxygen atoms in total. The van der Waals surface area contributed by atoms with Crippen molar-refractivity contribution in [1.29, 1.82) is 5.26 Å². The fourth-order valence-corrected chi connectivity index (χ4v) is 4.34. The Morgan fingerprint density at radius 2 is 2.19 bits per heavy atom. The second kappa shape index (κ2) is 6.11. The molecule has 1 atom stereocenters. The number of hydrogen-bond acceptors (Lipinski definition) is 5. The quantitative estimate of drug-likeness (QED) is 0.580. The first-order valence-corrected chi connectivity index (χ1v) is 9.43. The molecule has 132 valence electrons. The molecule has 0 aliphatic carbocycles. The highest BCUT2D eigenvalue weighted by Crippen LogP contribution is 2.37. The van der Waals surface area contributed by atoms with E-state index in [2.05, 4.69) is 16.4 Å². The molecule has 1 amide bonds. The number of benzene rings is 1. The predicted molar refractivity (Wildman–Crippen MR) is 100 cm³/mol. The van der Waals surface area contributed by atoms with Crippen molar-refractivity contribution in [3.63, 3.8) is 0 Å². The van der Waals surface area contributed by atoms with E-state index in [-0.39, 0.29) is 11.8 Å². The van der Waals surface area contributed by atoms with Crippen molar-refractivity contribution < 1.29 is 9.21 Å². The highest BCUT2D eigenvalue weighted by atomic mass is 32.1. The van der Waals surface area contributed by atoms with Crippen LogP contribution in [0.1, 0.15) is 35.1 Å². The Morgan fingerprint density at radius 3 is 3.07 bits per heavy atom. The van der Waals surface area contributed by atoms with Crippen LogP contribution < -0.4 is 5.32 Å². The maximum atomic E-state index is 12.3. The summed E-state index contributed by atoms with van der Waals surface area (Å²) in [5.74, 6) is 1.07. The van der Waals surface area contributed by atoms with Crippen molar-refractivity contribution in [3.8, 4) is 17.4 Å². The van der Waals surface area contributed by atoms with Crippen LogP contribution in [0.5, 0.6) is 0 Å². The molecule has 0 saturated carbocycles. The maximum Gasteiger partial charge on any atom is 0.221 e. The number of nitrogens with zero attached hydrogens (tertiary/aromatic N) is 3. The smallest absolute Gasteiger partial charge is 0.221 e. The lowest BCUT2D eigenvalue weighted by Gasteiger charge is -2.12. The number of furan rings is 1. The lowest BCUT2D eigenvalue weighted by atomic mass is 9.97. The van der Waals surface area contributed by atoms with Crippen LogP contribution in [-0.4, -0.2) is 15.3 Å². The van der Waals surface area contributed by atoms with Crippen molar-refractivity contribution in [1.82, 2.24) is 14.7 Å². The summed E-state index contributed by atoms with van der Waals surface area (Å²) in [7, 11) is 0. The number of carbonyl (C=O) groups excluding carboxylic acids is 1. The summed E-state index contributed by atoms with van der Waals surface area (Å²) < 4.78 is 8.18. The topological polar surface area (TPSA) is 83.3 Å². The zero-order valence-corrected chi connectivity index (χ0v) is 15.0. The SMILES string of the molecule is N#Cc1ccccc1-c1ccc([C@@H]2CC(=O)NCc3nc4sccn4c32)o1. The van der Waals surface area contributed by atoms with Crippen molar-refractivity contribution in [2.45, 2.75) is 18.9 Å². The second-order valence-corrected chi connectivity index (χ2v) is 7.27. The number of thiazole rings is 1. The van der Waals surface area contributed by atoms with Gasteiger partial charge in [-0.15, -0.1) is 11.3 Å². The van der Waals surface area contributed by atoms with Gasteiger partial charge in [0.05, 0.1) is 35.5 Å². The van der Waals surface area contributed by atoms with Gasteiger partial charge in [0.25, 0.3) is 0 Å². The van der Waals surface area contributed by atoms with Crippen LogP contribution in [0.4, 0.5) is 0 Å². The van der Waals surface area contributed by atoms with Gasteiger partial charge in [-0.1, -0.05) is 12.1 Å². The number of rotatable bonds is 2. The van der Waals surface area contributed by atoms with E-state index in [1.165, 1.54) is 0 Å². The highest BCUT2D eigenvalue weighted by molar-refractivity contribution is 7.15. The van der Waals surface area contributed by atoms with E-state index in [9.17, 15) is 10.1 Å². The summed E-state index contributed by atoms with van der Waals surface area (Å²) in [5, 5.41) is 14.2. The lowest BCUT2D eigenvalue weighted by molar-refractivity contribution is -0.121. The molecule has 0 unspecified atom stereocenters. The van der Waals surface area contributed by atoms with Crippen LogP contribution in [0.2, 0.25) is 0 Å². The third kappa shape index (κ3) is 2.54. The summed E-state index contributed by atoms with van der Waals surface area (Å²) in [6.45, 7) is 0.421. The van der Waals surface area contributed by atoms with E-state index in [1.807, 2.05) is 46.3 Å². The molecule has 3 aromatic heterocycles. The van der Waals surface area contributed by atoms with E-state index in [0.29, 0.717) is 30.0 Å². The number of fused-ring (bicyclic) bond motifs is 3. The van der Waals surface area contributed by atoms with Gasteiger partial charge in [-0.2, -0.15) is 5.26 Å². The van der Waals surface area contributed by atoms with Gasteiger partial charge in [-0.25, -0.2) is 4.98 Å². The van der Waals surface area contributed by atoms with Gasteiger partial charge in [0.1, 0.15) is 11.5 Å². The number of hydrogen-bond donors (Lipinski definition) is 1. The minimum atomic E-state index is -0.227. The second-order valence-electron chi connectivity index (χ2n) is 6.39. The van der Waals surface area contributed by atoms with Gasteiger partial charge in [0, 0.05) is 23.6 Å². The average Bonchev–Trinajstić information content (AvgIpc) is 3.38. The lowest BCUT2D eigenvalue weighted by Crippen LogP contribution is -2.21. The molecule has 7 heteroatoms. The van der Waals surface area contributed by atoms with E-state index in [1.54, 1.807) is 17.4 Å². The van der Waals surface area contributed by atoms with Gasteiger partial charge >= 0.3 is 0 Å². The van der Waals surface area contributed by atoms with Crippen LogP contribution >= 0.6 is 11.3 Å². The Bertz CT molecular complexity index is 1210. The molecule has 0 saturated heterocycles. The summed E-state index contributed by atoms with van der Waals surface area (Å²) in [5.41, 5.74) is 3.16. The molecule has 0 bridgehead atoms. The molecule has 1 aliphatic heterocycles. The zero-order valence-electron chi connectivity index (χ0n) is 14.2. The van der Waals surface area contributed by atoms with E-state index in [0.717, 1.165) is 21.9 Å². The zero-order chi connectivity index (χ0) is 18.4. The fourth-order valence-electron chi connectivity index (χ4n) is 3.60. The Balaban J connectivity index is 1.63. The summed E-state index contributed by atoms with van der Waals surface area (Å²) in [6.07, 6.45) is 2.27. The molecular weight excluding hydrogens is 360 g/mol.